The third-order valence-corrected chi connectivity index (χ3v) is 3.26. The molecule has 4 heteroatoms. The van der Waals surface area contributed by atoms with Crippen molar-refractivity contribution in [3.05, 3.63) is 15.8 Å². The molecule has 0 N–H and O–H groups in total. The number of hydrogen-bond donors (Lipinski definition) is 0. The maximum Gasteiger partial charge on any atom is 0.269 e. The van der Waals surface area contributed by atoms with E-state index in [0.717, 1.165) is 22.1 Å². The molecule has 1 aromatic rings. The van der Waals surface area contributed by atoms with E-state index in [-0.39, 0.29) is 5.26 Å². The normalized spacial score (nSPS) is 16.1. The maximum atomic E-state index is 12.3. The van der Waals surface area contributed by atoms with Gasteiger partial charge < -0.3 is 0 Å². The minimum atomic E-state index is -0.277. The van der Waals surface area contributed by atoms with Crippen molar-refractivity contribution < 1.29 is 4.39 Å². The topological polar surface area (TPSA) is 12.9 Å². The van der Waals surface area contributed by atoms with Gasteiger partial charge in [-0.05, 0) is 0 Å². The number of halogens is 1. The second kappa shape index (κ2) is 1.95. The van der Waals surface area contributed by atoms with Gasteiger partial charge in [0.05, 0.1) is 5.69 Å². The summed E-state index contributed by atoms with van der Waals surface area (Å²) in [6.45, 7) is 0. The summed E-state index contributed by atoms with van der Waals surface area (Å²) in [5.74, 6) is 1.85. The van der Waals surface area contributed by atoms with Gasteiger partial charge in [-0.25, -0.2) is 4.98 Å². The maximum absolute atomic E-state index is 12.3. The van der Waals surface area contributed by atoms with Crippen LogP contribution in [0.15, 0.2) is 0 Å². The summed E-state index contributed by atoms with van der Waals surface area (Å²) in [5, 5.41) is -0.277. The monoisotopic (exact) mass is 161 g/mol. The fourth-order valence-electron chi connectivity index (χ4n) is 0.818. The molecule has 0 aliphatic carbocycles. The van der Waals surface area contributed by atoms with Crippen LogP contribution in [0.1, 0.15) is 10.6 Å². The Kier molecular flexibility index (Phi) is 1.23. The summed E-state index contributed by atoms with van der Waals surface area (Å²) >= 11 is 2.98. The van der Waals surface area contributed by atoms with E-state index in [0.29, 0.717) is 0 Å². The molecule has 0 aromatic carbocycles. The van der Waals surface area contributed by atoms with Crippen LogP contribution in [0.3, 0.4) is 0 Å². The lowest BCUT2D eigenvalue weighted by Crippen LogP contribution is -1.75. The molecule has 2 heterocycles. The summed E-state index contributed by atoms with van der Waals surface area (Å²) in [6, 6.07) is 0. The molecule has 2 rings (SSSR count). The molecule has 9 heavy (non-hydrogen) atoms. The van der Waals surface area contributed by atoms with Crippen molar-refractivity contribution in [1.29, 1.82) is 0 Å². The Morgan fingerprint density at radius 2 is 2.33 bits per heavy atom. The highest BCUT2D eigenvalue weighted by Gasteiger charge is 2.16. The molecule has 0 unspecified atom stereocenters. The van der Waals surface area contributed by atoms with Crippen LogP contribution in [0.4, 0.5) is 4.39 Å². The van der Waals surface area contributed by atoms with Crippen LogP contribution in [0.2, 0.25) is 0 Å². The van der Waals surface area contributed by atoms with Gasteiger partial charge in [-0.3, -0.25) is 0 Å². The van der Waals surface area contributed by atoms with Crippen molar-refractivity contribution in [2.24, 2.45) is 0 Å². The van der Waals surface area contributed by atoms with Crippen LogP contribution in [0, 0.1) is 5.26 Å². The van der Waals surface area contributed by atoms with E-state index >= 15 is 0 Å². The van der Waals surface area contributed by atoms with Crippen molar-refractivity contribution in [1.82, 2.24) is 4.98 Å². The molecule has 1 aliphatic rings. The summed E-state index contributed by atoms with van der Waals surface area (Å²) in [7, 11) is 0. The third-order valence-electron chi connectivity index (χ3n) is 1.22. The zero-order chi connectivity index (χ0) is 6.27. The Hall–Kier alpha value is -0.0900. The van der Waals surface area contributed by atoms with Gasteiger partial charge in [0.15, 0.2) is 0 Å². The van der Waals surface area contributed by atoms with Crippen LogP contribution in [0.5, 0.6) is 0 Å². The molecule has 1 aliphatic heterocycles. The highest BCUT2D eigenvalue weighted by molar-refractivity contribution is 7.98. The van der Waals surface area contributed by atoms with E-state index < -0.39 is 0 Å². The van der Waals surface area contributed by atoms with E-state index in [2.05, 4.69) is 4.98 Å². The van der Waals surface area contributed by atoms with Crippen molar-refractivity contribution in [2.75, 3.05) is 0 Å². The van der Waals surface area contributed by atoms with Gasteiger partial charge in [-0.2, -0.15) is 4.39 Å². The largest absolute Gasteiger partial charge is 0.269 e. The minimum Gasteiger partial charge on any atom is -0.213 e. The number of nitrogens with zero attached hydrogens (tertiary/aromatic N) is 1. The van der Waals surface area contributed by atoms with Crippen molar-refractivity contribution in [3.63, 3.8) is 0 Å². The summed E-state index contributed by atoms with van der Waals surface area (Å²) in [6.07, 6.45) is 0. The zero-order valence-corrected chi connectivity index (χ0v) is 6.19. The van der Waals surface area contributed by atoms with Crippen molar-refractivity contribution >= 4 is 23.1 Å². The highest BCUT2D eigenvalue weighted by atomic mass is 32.2. The number of thiazole rings is 1. The van der Waals surface area contributed by atoms with E-state index in [1.165, 1.54) is 11.3 Å². The van der Waals surface area contributed by atoms with Crippen LogP contribution >= 0.6 is 23.1 Å². The van der Waals surface area contributed by atoms with E-state index in [4.69, 9.17) is 0 Å². The first kappa shape index (κ1) is 5.68. The number of thioether (sulfide) groups is 1. The third kappa shape index (κ3) is 0.861. The predicted molar refractivity (Wildman–Crippen MR) is 37.1 cm³/mol. The van der Waals surface area contributed by atoms with Crippen LogP contribution in [0.25, 0.3) is 0 Å². The van der Waals surface area contributed by atoms with Gasteiger partial charge in [-0.15, -0.1) is 11.8 Å². The summed E-state index contributed by atoms with van der Waals surface area (Å²) in [5.41, 5.74) is 0.961. The van der Waals surface area contributed by atoms with E-state index in [1.807, 2.05) is 0 Å². The number of aromatic nitrogens is 1. The second-order valence-corrected chi connectivity index (χ2v) is 3.85. The lowest BCUT2D eigenvalue weighted by atomic mass is 10.4. The molecule has 0 atom stereocenters. The number of fused-ring (bicyclic) bond motifs is 1. The van der Waals surface area contributed by atoms with Gasteiger partial charge in [0, 0.05) is 16.4 Å². The number of rotatable bonds is 0. The molecule has 0 spiro atoms. The molecule has 0 saturated heterocycles. The lowest BCUT2D eigenvalue weighted by molar-refractivity contribution is 0.614. The van der Waals surface area contributed by atoms with Gasteiger partial charge in [0.25, 0.3) is 5.26 Å². The summed E-state index contributed by atoms with van der Waals surface area (Å²) in [4.78, 5) is 4.84. The SMILES string of the molecule is Fc1nc2c(s1)CSC2. The average molecular weight is 161 g/mol. The molecule has 0 amide bonds. The molecule has 1 nitrogen and oxygen atoms in total. The van der Waals surface area contributed by atoms with E-state index in [9.17, 15) is 4.39 Å². The lowest BCUT2D eigenvalue weighted by Gasteiger charge is -1.78. The quantitative estimate of drug-likeness (QED) is 0.577. The molecule has 0 fully saturated rings. The van der Waals surface area contributed by atoms with Crippen LogP contribution in [-0.2, 0) is 11.5 Å². The first-order valence-electron chi connectivity index (χ1n) is 2.58. The smallest absolute Gasteiger partial charge is 0.213 e. The molecule has 0 radical (unpaired) electrons. The average Bonchev–Trinajstić information content (AvgIpc) is 2.22. The van der Waals surface area contributed by atoms with Crippen molar-refractivity contribution in [3.8, 4) is 0 Å². The standard InChI is InChI=1S/C5H4FNS2/c6-5-7-3-1-8-2-4(3)9-5/h1-2H2. The van der Waals surface area contributed by atoms with Gasteiger partial charge in [-0.1, -0.05) is 11.3 Å². The minimum absolute atomic E-state index is 0.277. The zero-order valence-electron chi connectivity index (χ0n) is 4.56. The van der Waals surface area contributed by atoms with Gasteiger partial charge >= 0.3 is 0 Å². The Morgan fingerprint density at radius 3 is 3.11 bits per heavy atom. The number of hydrogen-bond acceptors (Lipinski definition) is 3. The molecular formula is C5H4FNS2. The first-order valence-corrected chi connectivity index (χ1v) is 4.55. The summed E-state index contributed by atoms with van der Waals surface area (Å²) < 4.78 is 12.3. The Balaban J connectivity index is 2.51. The molecule has 0 saturated carbocycles. The van der Waals surface area contributed by atoms with E-state index in [1.54, 1.807) is 11.8 Å². The fraction of sp³-hybridized carbons (Fsp3) is 0.400. The molecule has 48 valence electrons. The van der Waals surface area contributed by atoms with Crippen molar-refractivity contribution in [2.45, 2.75) is 11.5 Å². The van der Waals surface area contributed by atoms with Crippen LogP contribution < -0.4 is 0 Å². The molecule has 0 bridgehead atoms. The van der Waals surface area contributed by atoms with Gasteiger partial charge in [0.1, 0.15) is 0 Å². The molecular weight excluding hydrogens is 157 g/mol. The first-order chi connectivity index (χ1) is 4.36. The Morgan fingerprint density at radius 1 is 1.44 bits per heavy atom. The highest BCUT2D eigenvalue weighted by Crippen LogP contribution is 2.32. The Labute approximate surface area is 60.3 Å². The van der Waals surface area contributed by atoms with Crippen LogP contribution in [-0.4, -0.2) is 4.98 Å². The fourth-order valence-corrected chi connectivity index (χ4v) is 2.88. The molecule has 1 aromatic heterocycles. The predicted octanol–water partition coefficient (Wildman–Crippen LogP) is 2.03. The Bertz CT molecular complexity index is 211. The second-order valence-electron chi connectivity index (χ2n) is 1.83. The van der Waals surface area contributed by atoms with Gasteiger partial charge in [0.2, 0.25) is 0 Å².